The van der Waals surface area contributed by atoms with Gasteiger partial charge in [-0.15, -0.1) is 0 Å². The predicted octanol–water partition coefficient (Wildman–Crippen LogP) is 1.26. The van der Waals surface area contributed by atoms with Crippen LogP contribution in [0.15, 0.2) is 58.6 Å². The molecular weight excluding hydrogens is 324 g/mol. The molecule has 1 aliphatic rings. The summed E-state index contributed by atoms with van der Waals surface area (Å²) in [5.41, 5.74) is 0.200. The maximum Gasteiger partial charge on any atom is 0.269 e. The molecule has 0 spiro atoms. The second kappa shape index (κ2) is 5.62. The van der Waals surface area contributed by atoms with Crippen LogP contribution < -0.4 is 4.73 Å². The van der Waals surface area contributed by atoms with Crippen LogP contribution in [0, 0.1) is 5.21 Å². The maximum absolute atomic E-state index is 12.3. The maximum atomic E-state index is 12.3. The molecule has 2 heterocycles. The molecule has 1 aromatic heterocycles. The fraction of sp³-hybridized carbons (Fsp3) is 0.143. The van der Waals surface area contributed by atoms with Gasteiger partial charge in [0.2, 0.25) is 0 Å². The van der Waals surface area contributed by atoms with Crippen molar-refractivity contribution in [2.24, 2.45) is 0 Å². The highest BCUT2D eigenvalue weighted by Crippen LogP contribution is 2.30. The van der Waals surface area contributed by atoms with Crippen LogP contribution >= 0.6 is 11.8 Å². The van der Waals surface area contributed by atoms with Crippen molar-refractivity contribution in [2.75, 3.05) is 12.3 Å². The topological polar surface area (TPSA) is 81.4 Å². The Hall–Kier alpha value is -2.06. The molecule has 0 N–H and O–H groups in total. The van der Waals surface area contributed by atoms with Crippen LogP contribution in [0.4, 0.5) is 0 Å². The fourth-order valence-corrected chi connectivity index (χ4v) is 4.74. The monoisotopic (exact) mass is 336 g/mol. The van der Waals surface area contributed by atoms with Crippen LogP contribution in [0.1, 0.15) is 10.4 Å². The third-order valence-corrected chi connectivity index (χ3v) is 6.08. The van der Waals surface area contributed by atoms with Crippen molar-refractivity contribution in [1.82, 2.24) is 4.31 Å². The second-order valence-corrected chi connectivity index (χ2v) is 7.54. The van der Waals surface area contributed by atoms with Crippen LogP contribution in [-0.4, -0.2) is 30.9 Å². The smallest absolute Gasteiger partial charge is 0.269 e. The molecule has 114 valence electrons. The Morgan fingerprint density at radius 1 is 1.14 bits per heavy atom. The molecule has 0 unspecified atom stereocenters. The van der Waals surface area contributed by atoms with Gasteiger partial charge in [0, 0.05) is 24.4 Å². The van der Waals surface area contributed by atoms with Crippen LogP contribution in [0.2, 0.25) is 0 Å². The Morgan fingerprint density at radius 3 is 2.59 bits per heavy atom. The van der Waals surface area contributed by atoms with E-state index in [9.17, 15) is 18.4 Å². The number of nitrogens with zero attached hydrogens (tertiary/aromatic N) is 2. The lowest BCUT2D eigenvalue weighted by atomic mass is 10.2. The highest BCUT2D eigenvalue weighted by Gasteiger charge is 2.40. The standard InChI is InChI=1S/C14H12N2O4S2/c17-14-11-5-1-2-6-12(11)22(19,20)16(14)9-10-21-13-7-3-4-8-15(13)18/h1-8H,9-10H2. The SMILES string of the molecule is O=C1c2ccccc2S(=O)(=O)N1CCSc1cccc[n+]1[O-]. The molecule has 0 fully saturated rings. The highest BCUT2D eigenvalue weighted by atomic mass is 32.2. The van der Waals surface area contributed by atoms with E-state index in [1.54, 1.807) is 30.3 Å². The molecule has 3 rings (SSSR count). The van der Waals surface area contributed by atoms with Gasteiger partial charge in [-0.3, -0.25) is 4.79 Å². The zero-order valence-corrected chi connectivity index (χ0v) is 13.0. The zero-order chi connectivity index (χ0) is 15.7. The molecule has 22 heavy (non-hydrogen) atoms. The number of hydrogen-bond acceptors (Lipinski definition) is 5. The van der Waals surface area contributed by atoms with E-state index in [-0.39, 0.29) is 17.0 Å². The van der Waals surface area contributed by atoms with Gasteiger partial charge in [0.1, 0.15) is 4.90 Å². The number of aromatic nitrogens is 1. The van der Waals surface area contributed by atoms with Gasteiger partial charge in [-0.05, 0) is 18.2 Å². The fourth-order valence-electron chi connectivity index (χ4n) is 2.21. The molecular formula is C14H12N2O4S2. The Bertz CT molecular complexity index is 836. The minimum Gasteiger partial charge on any atom is -0.618 e. The highest BCUT2D eigenvalue weighted by molar-refractivity contribution is 7.99. The molecule has 0 saturated heterocycles. The van der Waals surface area contributed by atoms with Crippen LogP contribution in [0.5, 0.6) is 0 Å². The normalized spacial score (nSPS) is 15.8. The third kappa shape index (κ3) is 2.44. The first-order valence-corrected chi connectivity index (χ1v) is 8.91. The number of thioether (sulfide) groups is 1. The second-order valence-electron chi connectivity index (χ2n) is 4.59. The van der Waals surface area contributed by atoms with E-state index in [4.69, 9.17) is 0 Å². The van der Waals surface area contributed by atoms with Crippen LogP contribution in [0.3, 0.4) is 0 Å². The number of carbonyl (C=O) groups is 1. The van der Waals surface area contributed by atoms with Crippen molar-refractivity contribution in [3.63, 3.8) is 0 Å². The first-order valence-electron chi connectivity index (χ1n) is 6.49. The van der Waals surface area contributed by atoms with Gasteiger partial charge >= 0.3 is 0 Å². The van der Waals surface area contributed by atoms with Crippen LogP contribution in [-0.2, 0) is 10.0 Å². The van der Waals surface area contributed by atoms with E-state index >= 15 is 0 Å². The summed E-state index contributed by atoms with van der Waals surface area (Å²) in [5, 5.41) is 12.0. The van der Waals surface area contributed by atoms with Crippen molar-refractivity contribution in [3.05, 3.63) is 59.4 Å². The Balaban J connectivity index is 1.75. The molecule has 6 nitrogen and oxygen atoms in total. The Morgan fingerprint density at radius 2 is 1.86 bits per heavy atom. The molecule has 0 radical (unpaired) electrons. The quantitative estimate of drug-likeness (QED) is 0.477. The minimum absolute atomic E-state index is 0.0232. The number of rotatable bonds is 4. The molecule has 0 aliphatic carbocycles. The number of carbonyl (C=O) groups excluding carboxylic acids is 1. The van der Waals surface area contributed by atoms with Crippen molar-refractivity contribution < 1.29 is 17.9 Å². The van der Waals surface area contributed by atoms with E-state index < -0.39 is 15.9 Å². The van der Waals surface area contributed by atoms with Gasteiger partial charge in [0.05, 0.1) is 5.56 Å². The molecule has 0 saturated carbocycles. The molecule has 1 aromatic carbocycles. The Kier molecular flexibility index (Phi) is 3.79. The van der Waals surface area contributed by atoms with Crippen molar-refractivity contribution in [2.45, 2.75) is 9.92 Å². The van der Waals surface area contributed by atoms with Crippen molar-refractivity contribution in [1.29, 1.82) is 0 Å². The van der Waals surface area contributed by atoms with E-state index in [1.165, 1.54) is 30.1 Å². The average molecular weight is 336 g/mol. The minimum atomic E-state index is -3.77. The van der Waals surface area contributed by atoms with E-state index in [1.807, 2.05) is 0 Å². The van der Waals surface area contributed by atoms with Gasteiger partial charge in [0.15, 0.2) is 6.20 Å². The Labute approximate surface area is 132 Å². The summed E-state index contributed by atoms with van der Waals surface area (Å²) in [6.45, 7) is 0.0232. The number of sulfonamides is 1. The molecule has 0 bridgehead atoms. The van der Waals surface area contributed by atoms with Crippen molar-refractivity contribution in [3.8, 4) is 0 Å². The summed E-state index contributed by atoms with van der Waals surface area (Å²) < 4.78 is 26.2. The number of hydrogen-bond donors (Lipinski definition) is 0. The summed E-state index contributed by atoms with van der Waals surface area (Å²) in [7, 11) is -3.77. The number of amides is 1. The summed E-state index contributed by atoms with van der Waals surface area (Å²) in [4.78, 5) is 12.2. The molecule has 2 aromatic rings. The van der Waals surface area contributed by atoms with E-state index in [0.717, 1.165) is 4.31 Å². The van der Waals surface area contributed by atoms with Gasteiger partial charge < -0.3 is 5.21 Å². The lowest BCUT2D eigenvalue weighted by molar-refractivity contribution is -0.645. The summed E-state index contributed by atoms with van der Waals surface area (Å²) in [6.07, 6.45) is 1.37. The number of pyridine rings is 1. The van der Waals surface area contributed by atoms with Gasteiger partial charge in [-0.2, -0.15) is 4.73 Å². The zero-order valence-electron chi connectivity index (χ0n) is 11.4. The van der Waals surface area contributed by atoms with Gasteiger partial charge in [-0.1, -0.05) is 23.9 Å². The third-order valence-electron chi connectivity index (χ3n) is 3.24. The largest absolute Gasteiger partial charge is 0.618 e. The predicted molar refractivity (Wildman–Crippen MR) is 80.8 cm³/mol. The number of benzene rings is 1. The van der Waals surface area contributed by atoms with Gasteiger partial charge in [-0.25, -0.2) is 12.7 Å². The lowest BCUT2D eigenvalue weighted by Crippen LogP contribution is -2.33. The summed E-state index contributed by atoms with van der Waals surface area (Å²) >= 11 is 1.21. The van der Waals surface area contributed by atoms with Gasteiger partial charge in [0.25, 0.3) is 21.0 Å². The molecule has 0 atom stereocenters. The summed E-state index contributed by atoms with van der Waals surface area (Å²) in [5.74, 6) is -0.204. The molecule has 8 heteroatoms. The van der Waals surface area contributed by atoms with Crippen molar-refractivity contribution >= 4 is 27.7 Å². The average Bonchev–Trinajstić information content (AvgIpc) is 2.70. The van der Waals surface area contributed by atoms with Crippen LogP contribution in [0.25, 0.3) is 0 Å². The first-order chi connectivity index (χ1) is 10.5. The summed E-state index contributed by atoms with van der Waals surface area (Å²) in [6, 6.07) is 11.1. The van der Waals surface area contributed by atoms with E-state index in [0.29, 0.717) is 15.5 Å². The number of fused-ring (bicyclic) bond motifs is 1. The molecule has 1 aliphatic heterocycles. The molecule has 1 amide bonds. The van der Waals surface area contributed by atoms with E-state index in [2.05, 4.69) is 0 Å². The lowest BCUT2D eigenvalue weighted by Gasteiger charge is -2.14. The first kappa shape index (κ1) is 14.9.